The third-order valence-electron chi connectivity index (χ3n) is 7.87. The molecular formula is C26H32N3O2+. The molecule has 0 spiro atoms. The Morgan fingerprint density at radius 1 is 1.06 bits per heavy atom. The van der Waals surface area contributed by atoms with E-state index < -0.39 is 0 Å². The van der Waals surface area contributed by atoms with Gasteiger partial charge in [0.05, 0.1) is 19.6 Å². The maximum Gasteiger partial charge on any atom is 0.250 e. The maximum atomic E-state index is 12.3. The molecule has 1 aliphatic carbocycles. The third kappa shape index (κ3) is 3.35. The molecular weight excluding hydrogens is 386 g/mol. The van der Waals surface area contributed by atoms with Crippen LogP contribution >= 0.6 is 0 Å². The maximum absolute atomic E-state index is 12.3. The molecule has 0 radical (unpaired) electrons. The second-order valence-corrected chi connectivity index (χ2v) is 9.97. The van der Waals surface area contributed by atoms with E-state index in [2.05, 4.69) is 34.9 Å². The number of piperidine rings is 1. The summed E-state index contributed by atoms with van der Waals surface area (Å²) in [7, 11) is 0. The van der Waals surface area contributed by atoms with E-state index in [0.29, 0.717) is 18.4 Å². The smallest absolute Gasteiger partial charge is 0.250 e. The van der Waals surface area contributed by atoms with Crippen LogP contribution in [0.3, 0.4) is 0 Å². The van der Waals surface area contributed by atoms with Crippen molar-refractivity contribution >= 4 is 10.9 Å². The molecule has 2 N–H and O–H groups in total. The Kier molecular flexibility index (Phi) is 4.77. The van der Waals surface area contributed by atoms with Crippen LogP contribution in [0, 0.1) is 5.92 Å². The molecule has 2 unspecified atom stereocenters. The first-order chi connectivity index (χ1) is 15.2. The number of hydrogen-bond donors (Lipinski definition) is 2. The molecule has 1 fully saturated rings. The number of fused-ring (bicyclic) bond motifs is 7. The molecule has 1 aromatic carbocycles. The highest BCUT2D eigenvalue weighted by Crippen LogP contribution is 2.33. The summed E-state index contributed by atoms with van der Waals surface area (Å²) < 4.78 is 4.40. The molecule has 1 saturated heterocycles. The molecule has 0 saturated carbocycles. The molecule has 31 heavy (non-hydrogen) atoms. The summed E-state index contributed by atoms with van der Waals surface area (Å²) in [5.74, 6) is 0.970. The van der Waals surface area contributed by atoms with Crippen molar-refractivity contribution in [2.24, 2.45) is 5.92 Å². The number of hydrogen-bond acceptors (Lipinski definition) is 2. The number of benzene rings is 1. The summed E-state index contributed by atoms with van der Waals surface area (Å²) in [6.07, 6.45) is 5.64. The summed E-state index contributed by atoms with van der Waals surface area (Å²) in [5.41, 5.74) is 5.58. The number of rotatable bonds is 4. The summed E-state index contributed by atoms with van der Waals surface area (Å²) >= 11 is 0. The van der Waals surface area contributed by atoms with Gasteiger partial charge >= 0.3 is 0 Å². The van der Waals surface area contributed by atoms with Crippen molar-refractivity contribution in [3.63, 3.8) is 0 Å². The predicted molar refractivity (Wildman–Crippen MR) is 122 cm³/mol. The molecule has 4 atom stereocenters. The number of aryl methyl sites for hydroxylation is 1. The van der Waals surface area contributed by atoms with Crippen LogP contribution in [0.2, 0.25) is 0 Å². The fraction of sp³-hybridized carbons (Fsp3) is 0.500. The summed E-state index contributed by atoms with van der Waals surface area (Å²) in [6, 6.07) is 14.4. The number of aromatic nitrogens is 2. The van der Waals surface area contributed by atoms with Crippen LogP contribution in [0.25, 0.3) is 10.9 Å². The molecule has 2 bridgehead atoms. The Labute approximate surface area is 182 Å². The highest BCUT2D eigenvalue weighted by molar-refractivity contribution is 5.85. The zero-order chi connectivity index (χ0) is 20.9. The quantitative estimate of drug-likeness (QED) is 0.678. The van der Waals surface area contributed by atoms with Crippen molar-refractivity contribution < 1.29 is 10.0 Å². The van der Waals surface area contributed by atoms with Crippen molar-refractivity contribution in [3.05, 3.63) is 69.8 Å². The first kappa shape index (κ1) is 19.3. The van der Waals surface area contributed by atoms with Gasteiger partial charge < -0.3 is 19.1 Å². The van der Waals surface area contributed by atoms with E-state index in [9.17, 15) is 9.90 Å². The number of nitrogens with one attached hydrogen (secondary N) is 1. The number of likely N-dealkylation sites (tertiary alicyclic amines) is 1. The van der Waals surface area contributed by atoms with E-state index >= 15 is 0 Å². The average molecular weight is 419 g/mol. The van der Waals surface area contributed by atoms with Gasteiger partial charge in [0.1, 0.15) is 12.6 Å². The van der Waals surface area contributed by atoms with Gasteiger partial charge in [0, 0.05) is 46.7 Å². The molecule has 0 amide bonds. The average Bonchev–Trinajstić information content (AvgIpc) is 3.08. The third-order valence-corrected chi connectivity index (χ3v) is 7.87. The van der Waals surface area contributed by atoms with Crippen LogP contribution < -0.4 is 10.5 Å². The summed E-state index contributed by atoms with van der Waals surface area (Å²) in [6.45, 7) is 4.37. The van der Waals surface area contributed by atoms with Crippen LogP contribution in [-0.2, 0) is 25.9 Å². The van der Waals surface area contributed by atoms with Gasteiger partial charge in [0.25, 0.3) is 5.56 Å². The van der Waals surface area contributed by atoms with Crippen molar-refractivity contribution in [1.29, 1.82) is 0 Å². The molecule has 3 aliphatic rings. The van der Waals surface area contributed by atoms with Gasteiger partial charge in [-0.15, -0.1) is 0 Å². The molecule has 2 aliphatic heterocycles. The van der Waals surface area contributed by atoms with Crippen LogP contribution in [-0.4, -0.2) is 40.0 Å². The monoisotopic (exact) mass is 418 g/mol. The van der Waals surface area contributed by atoms with Gasteiger partial charge in [-0.3, -0.25) is 4.79 Å². The molecule has 162 valence electrons. The van der Waals surface area contributed by atoms with Gasteiger partial charge in [-0.05, 0) is 49.8 Å². The van der Waals surface area contributed by atoms with Gasteiger partial charge in [0.15, 0.2) is 0 Å². The van der Waals surface area contributed by atoms with Gasteiger partial charge in [0.2, 0.25) is 0 Å². The number of pyridine rings is 1. The minimum Gasteiger partial charge on any atom is -0.385 e. The number of para-hydroxylation sites is 1. The van der Waals surface area contributed by atoms with Gasteiger partial charge in [-0.1, -0.05) is 24.3 Å². The van der Waals surface area contributed by atoms with Crippen LogP contribution in [0.4, 0.5) is 0 Å². The van der Waals surface area contributed by atoms with Gasteiger partial charge in [-0.2, -0.15) is 0 Å². The van der Waals surface area contributed by atoms with Crippen molar-refractivity contribution in [1.82, 2.24) is 9.13 Å². The van der Waals surface area contributed by atoms with Crippen molar-refractivity contribution in [2.45, 2.75) is 57.2 Å². The van der Waals surface area contributed by atoms with E-state index in [1.54, 1.807) is 6.07 Å². The Hall–Kier alpha value is -2.37. The minimum absolute atomic E-state index is 0.139. The standard InChI is InChI=1S/C26H31N3O2/c30-20(17-28-24-8-3-1-6-21(24)22-7-2-4-9-25(22)28)16-27-13-18-12-19(15-27)23-10-5-11-26(31)29(23)14-18/h1,3,5-6,8,10-11,18-20,30H,2,4,7,9,12-17H2/p+1/t18-,19+,20?/m0/s1. The first-order valence-corrected chi connectivity index (χ1v) is 12.0. The Morgan fingerprint density at radius 3 is 2.87 bits per heavy atom. The fourth-order valence-electron chi connectivity index (χ4n) is 6.69. The lowest BCUT2D eigenvalue weighted by Crippen LogP contribution is -3.15. The molecule has 6 rings (SSSR count). The van der Waals surface area contributed by atoms with E-state index in [1.165, 1.54) is 58.4 Å². The fourth-order valence-corrected chi connectivity index (χ4v) is 6.69. The van der Waals surface area contributed by atoms with Crippen LogP contribution in [0.15, 0.2) is 47.3 Å². The van der Waals surface area contributed by atoms with Crippen molar-refractivity contribution in [3.8, 4) is 0 Å². The number of nitrogens with zero attached hydrogens (tertiary/aromatic N) is 2. The molecule has 4 heterocycles. The van der Waals surface area contributed by atoms with Gasteiger partial charge in [-0.25, -0.2) is 0 Å². The second kappa shape index (κ2) is 7.64. The SMILES string of the molecule is O=c1cccc2n1C[C@H]1C[C@@H]2C[NH+](CC(O)Cn2c3c(c4ccccc42)CCCC3)C1. The largest absolute Gasteiger partial charge is 0.385 e. The highest BCUT2D eigenvalue weighted by atomic mass is 16.3. The van der Waals surface area contributed by atoms with Crippen molar-refractivity contribution in [2.75, 3.05) is 19.6 Å². The summed E-state index contributed by atoms with van der Waals surface area (Å²) in [5, 5.41) is 12.5. The first-order valence-electron chi connectivity index (χ1n) is 12.0. The number of aliphatic hydroxyl groups excluding tert-OH is 1. The topological polar surface area (TPSA) is 51.6 Å². The minimum atomic E-state index is -0.353. The van der Waals surface area contributed by atoms with E-state index in [0.717, 1.165) is 32.6 Å². The highest BCUT2D eigenvalue weighted by Gasteiger charge is 2.37. The normalized spacial score (nSPS) is 25.8. The molecule has 5 heteroatoms. The predicted octanol–water partition coefficient (Wildman–Crippen LogP) is 1.74. The van der Waals surface area contributed by atoms with Crippen LogP contribution in [0.1, 0.15) is 42.1 Å². The molecule has 3 aromatic rings. The van der Waals surface area contributed by atoms with E-state index in [-0.39, 0.29) is 11.7 Å². The summed E-state index contributed by atoms with van der Waals surface area (Å²) in [4.78, 5) is 13.8. The molecule has 5 nitrogen and oxygen atoms in total. The van der Waals surface area contributed by atoms with E-state index in [4.69, 9.17) is 0 Å². The Morgan fingerprint density at radius 2 is 1.94 bits per heavy atom. The lowest BCUT2D eigenvalue weighted by atomic mass is 9.83. The van der Waals surface area contributed by atoms with Crippen LogP contribution in [0.5, 0.6) is 0 Å². The second-order valence-electron chi connectivity index (χ2n) is 9.97. The van der Waals surface area contributed by atoms with E-state index in [1.807, 2.05) is 10.6 Å². The zero-order valence-electron chi connectivity index (χ0n) is 18.1. The number of aliphatic hydroxyl groups is 1. The zero-order valence-corrected chi connectivity index (χ0v) is 18.1. The molecule has 2 aromatic heterocycles. The Balaban J connectivity index is 1.21. The lowest BCUT2D eigenvalue weighted by molar-refractivity contribution is -0.914. The number of quaternary nitrogens is 1. The lowest BCUT2D eigenvalue weighted by Gasteiger charge is -2.40. The Bertz CT molecular complexity index is 1180.